The van der Waals surface area contributed by atoms with Gasteiger partial charge in [0.05, 0.1) is 5.75 Å². The molecule has 0 spiro atoms. The van der Waals surface area contributed by atoms with Crippen molar-refractivity contribution in [2.45, 2.75) is 12.1 Å². The van der Waals surface area contributed by atoms with E-state index < -0.39 is 0 Å². The summed E-state index contributed by atoms with van der Waals surface area (Å²) in [6, 6.07) is 5.70. The zero-order chi connectivity index (χ0) is 13.0. The number of hydrogen-bond donors (Lipinski definition) is 2. The first-order chi connectivity index (χ1) is 8.65. The minimum Gasteiger partial charge on any atom is -0.325 e. The molecule has 0 bridgehead atoms. The molecule has 0 saturated heterocycles. The van der Waals surface area contributed by atoms with E-state index >= 15 is 0 Å². The maximum atomic E-state index is 11.7. The minimum atomic E-state index is -0.0767. The van der Waals surface area contributed by atoms with E-state index in [4.69, 9.17) is 0 Å². The van der Waals surface area contributed by atoms with Crippen LogP contribution in [0.2, 0.25) is 0 Å². The summed E-state index contributed by atoms with van der Waals surface area (Å²) in [4.78, 5) is 15.6. The standard InChI is InChI=1S/C11H11BrN4OS/c1-7-2-3-8(4-9(7)12)15-10(17)5-18-11-13-6-14-16-11/h2-4,6H,5H2,1H3,(H,15,17)(H,13,14,16). The lowest BCUT2D eigenvalue weighted by Crippen LogP contribution is -2.14. The molecule has 1 amide bonds. The van der Waals surface area contributed by atoms with Crippen LogP contribution in [-0.2, 0) is 4.79 Å². The van der Waals surface area contributed by atoms with Gasteiger partial charge in [-0.3, -0.25) is 9.89 Å². The molecule has 5 nitrogen and oxygen atoms in total. The van der Waals surface area contributed by atoms with Crippen LogP contribution in [0.1, 0.15) is 5.56 Å². The predicted molar refractivity (Wildman–Crippen MR) is 74.6 cm³/mol. The number of carbonyl (C=O) groups is 1. The summed E-state index contributed by atoms with van der Waals surface area (Å²) in [5, 5.41) is 9.85. The molecule has 2 N–H and O–H groups in total. The number of aryl methyl sites for hydroxylation is 1. The van der Waals surface area contributed by atoms with E-state index in [0.717, 1.165) is 15.7 Å². The molecular weight excluding hydrogens is 316 g/mol. The number of thioether (sulfide) groups is 1. The summed E-state index contributed by atoms with van der Waals surface area (Å²) in [6.45, 7) is 2.00. The fraction of sp³-hybridized carbons (Fsp3) is 0.182. The van der Waals surface area contributed by atoms with Crippen LogP contribution in [0.25, 0.3) is 0 Å². The highest BCUT2D eigenvalue weighted by molar-refractivity contribution is 9.10. The number of carbonyl (C=O) groups excluding carboxylic acids is 1. The number of H-pyrrole nitrogens is 1. The predicted octanol–water partition coefficient (Wildman–Crippen LogP) is 2.61. The highest BCUT2D eigenvalue weighted by atomic mass is 79.9. The molecule has 0 aliphatic heterocycles. The van der Waals surface area contributed by atoms with Crippen molar-refractivity contribution in [1.29, 1.82) is 0 Å². The Labute approximate surface area is 117 Å². The van der Waals surface area contributed by atoms with Gasteiger partial charge in [0.25, 0.3) is 0 Å². The maximum Gasteiger partial charge on any atom is 0.234 e. The molecule has 7 heteroatoms. The van der Waals surface area contributed by atoms with E-state index in [1.165, 1.54) is 18.1 Å². The zero-order valence-electron chi connectivity index (χ0n) is 9.61. The molecule has 0 fully saturated rings. The normalized spacial score (nSPS) is 10.3. The lowest BCUT2D eigenvalue weighted by molar-refractivity contribution is -0.113. The molecule has 18 heavy (non-hydrogen) atoms. The van der Waals surface area contributed by atoms with Crippen molar-refractivity contribution >= 4 is 39.3 Å². The number of nitrogens with one attached hydrogen (secondary N) is 2. The molecule has 1 aromatic carbocycles. The molecule has 94 valence electrons. The van der Waals surface area contributed by atoms with Gasteiger partial charge in [-0.2, -0.15) is 5.10 Å². The Balaban J connectivity index is 1.88. The lowest BCUT2D eigenvalue weighted by Gasteiger charge is -2.06. The molecule has 1 heterocycles. The Morgan fingerprint density at radius 3 is 3.06 bits per heavy atom. The summed E-state index contributed by atoms with van der Waals surface area (Å²) in [5.74, 6) is 0.216. The van der Waals surface area contributed by atoms with E-state index in [1.807, 2.05) is 25.1 Å². The molecule has 0 atom stereocenters. The van der Waals surface area contributed by atoms with Gasteiger partial charge < -0.3 is 5.32 Å². The third kappa shape index (κ3) is 3.58. The molecule has 2 aromatic rings. The van der Waals surface area contributed by atoms with Crippen LogP contribution in [0.5, 0.6) is 0 Å². The number of benzene rings is 1. The van der Waals surface area contributed by atoms with Crippen molar-refractivity contribution in [3.05, 3.63) is 34.6 Å². The van der Waals surface area contributed by atoms with Gasteiger partial charge in [-0.25, -0.2) is 4.98 Å². The number of halogens is 1. The van der Waals surface area contributed by atoms with E-state index in [9.17, 15) is 4.79 Å². The average molecular weight is 327 g/mol. The molecule has 2 rings (SSSR count). The van der Waals surface area contributed by atoms with Gasteiger partial charge in [-0.05, 0) is 24.6 Å². The van der Waals surface area contributed by atoms with E-state index in [2.05, 4.69) is 36.4 Å². The third-order valence-corrected chi connectivity index (χ3v) is 3.92. The van der Waals surface area contributed by atoms with Gasteiger partial charge >= 0.3 is 0 Å². The van der Waals surface area contributed by atoms with Crippen LogP contribution in [0.15, 0.2) is 34.2 Å². The first kappa shape index (κ1) is 13.1. The molecule has 0 unspecified atom stereocenters. The molecule has 0 aliphatic carbocycles. The van der Waals surface area contributed by atoms with Gasteiger partial charge in [0.2, 0.25) is 5.91 Å². The Morgan fingerprint density at radius 1 is 1.56 bits per heavy atom. The summed E-state index contributed by atoms with van der Waals surface area (Å²) < 4.78 is 0.975. The fourth-order valence-corrected chi connectivity index (χ4v) is 2.22. The van der Waals surface area contributed by atoms with Crippen LogP contribution < -0.4 is 5.32 Å². The number of amides is 1. The number of aromatic amines is 1. The summed E-state index contributed by atoms with van der Waals surface area (Å²) in [7, 11) is 0. The quantitative estimate of drug-likeness (QED) is 0.847. The van der Waals surface area contributed by atoms with Crippen molar-refractivity contribution in [2.24, 2.45) is 0 Å². The molecule has 1 aromatic heterocycles. The van der Waals surface area contributed by atoms with Crippen molar-refractivity contribution in [3.8, 4) is 0 Å². The molecule has 0 radical (unpaired) electrons. The second-order valence-electron chi connectivity index (χ2n) is 3.59. The van der Waals surface area contributed by atoms with Crippen LogP contribution in [-0.4, -0.2) is 26.8 Å². The fourth-order valence-electron chi connectivity index (χ4n) is 1.27. The van der Waals surface area contributed by atoms with Crippen LogP contribution in [0, 0.1) is 6.92 Å². The second-order valence-corrected chi connectivity index (χ2v) is 5.41. The lowest BCUT2D eigenvalue weighted by atomic mass is 10.2. The van der Waals surface area contributed by atoms with Gasteiger partial charge in [0, 0.05) is 10.2 Å². The van der Waals surface area contributed by atoms with Crippen molar-refractivity contribution in [2.75, 3.05) is 11.1 Å². The Morgan fingerprint density at radius 2 is 2.39 bits per heavy atom. The monoisotopic (exact) mass is 326 g/mol. The van der Waals surface area contributed by atoms with Crippen LogP contribution >= 0.6 is 27.7 Å². The number of hydrogen-bond acceptors (Lipinski definition) is 4. The Bertz CT molecular complexity index is 544. The van der Waals surface area contributed by atoms with E-state index in [1.54, 1.807) is 0 Å². The highest BCUT2D eigenvalue weighted by Crippen LogP contribution is 2.21. The third-order valence-electron chi connectivity index (χ3n) is 2.19. The highest BCUT2D eigenvalue weighted by Gasteiger charge is 2.06. The second kappa shape index (κ2) is 6.01. The van der Waals surface area contributed by atoms with Gasteiger partial charge in [-0.1, -0.05) is 33.8 Å². The van der Waals surface area contributed by atoms with Crippen LogP contribution in [0.4, 0.5) is 5.69 Å². The van der Waals surface area contributed by atoms with Gasteiger partial charge in [0.15, 0.2) is 5.16 Å². The number of aromatic nitrogens is 3. The molecular formula is C11H11BrN4OS. The summed E-state index contributed by atoms with van der Waals surface area (Å²) in [6.07, 6.45) is 1.41. The average Bonchev–Trinajstić information content (AvgIpc) is 2.84. The SMILES string of the molecule is Cc1ccc(NC(=O)CSc2ncn[nH]2)cc1Br. The number of rotatable bonds is 4. The number of anilines is 1. The number of nitrogens with zero attached hydrogens (tertiary/aromatic N) is 2. The van der Waals surface area contributed by atoms with Crippen molar-refractivity contribution in [3.63, 3.8) is 0 Å². The van der Waals surface area contributed by atoms with Gasteiger partial charge in [0.1, 0.15) is 6.33 Å². The van der Waals surface area contributed by atoms with Crippen molar-refractivity contribution < 1.29 is 4.79 Å². The van der Waals surface area contributed by atoms with Gasteiger partial charge in [-0.15, -0.1) is 0 Å². The zero-order valence-corrected chi connectivity index (χ0v) is 12.0. The Hall–Kier alpha value is -1.34. The van der Waals surface area contributed by atoms with E-state index in [0.29, 0.717) is 10.9 Å². The topological polar surface area (TPSA) is 70.7 Å². The summed E-state index contributed by atoms with van der Waals surface area (Å²) in [5.41, 5.74) is 1.90. The molecule has 0 aliphatic rings. The summed E-state index contributed by atoms with van der Waals surface area (Å²) >= 11 is 4.74. The van der Waals surface area contributed by atoms with Crippen LogP contribution in [0.3, 0.4) is 0 Å². The largest absolute Gasteiger partial charge is 0.325 e. The first-order valence-corrected chi connectivity index (χ1v) is 6.97. The minimum absolute atomic E-state index is 0.0767. The van der Waals surface area contributed by atoms with E-state index in [-0.39, 0.29) is 5.91 Å². The van der Waals surface area contributed by atoms with Crippen molar-refractivity contribution in [1.82, 2.24) is 15.2 Å². The smallest absolute Gasteiger partial charge is 0.234 e. The first-order valence-electron chi connectivity index (χ1n) is 5.19. The Kier molecular flexibility index (Phi) is 4.38. The molecule has 0 saturated carbocycles. The maximum absolute atomic E-state index is 11.7.